The second-order valence-corrected chi connectivity index (χ2v) is 4.41. The molecule has 0 aliphatic rings. The van der Waals surface area contributed by atoms with Gasteiger partial charge >= 0.3 is 6.18 Å². The number of aryl methyl sites for hydroxylation is 1. The Bertz CT molecular complexity index is 655. The molecule has 6 nitrogen and oxygen atoms in total. The predicted octanol–water partition coefficient (Wildman–Crippen LogP) is 2.40. The number of anilines is 1. The lowest BCUT2D eigenvalue weighted by Crippen LogP contribution is -2.14. The molecule has 22 heavy (non-hydrogen) atoms. The lowest BCUT2D eigenvalue weighted by Gasteiger charge is -2.04. The van der Waals surface area contributed by atoms with Crippen molar-refractivity contribution in [3.63, 3.8) is 0 Å². The van der Waals surface area contributed by atoms with Crippen LogP contribution in [-0.2, 0) is 17.4 Å². The summed E-state index contributed by atoms with van der Waals surface area (Å²) < 4.78 is 42.0. The molecule has 0 atom stereocenters. The number of hydrogen-bond acceptors (Lipinski definition) is 4. The van der Waals surface area contributed by atoms with Crippen molar-refractivity contribution in [1.29, 1.82) is 0 Å². The molecule has 9 heteroatoms. The van der Waals surface area contributed by atoms with E-state index in [4.69, 9.17) is 4.74 Å². The number of carbonyl (C=O) groups is 1. The summed E-state index contributed by atoms with van der Waals surface area (Å²) >= 11 is 0. The van der Waals surface area contributed by atoms with Crippen LogP contribution in [-0.4, -0.2) is 28.2 Å². The van der Waals surface area contributed by atoms with Crippen LogP contribution in [0, 0.1) is 0 Å². The third kappa shape index (κ3) is 4.21. The van der Waals surface area contributed by atoms with E-state index in [-0.39, 0.29) is 6.42 Å². The maximum Gasteiger partial charge on any atom is 0.451 e. The number of aromatic amines is 1. The van der Waals surface area contributed by atoms with E-state index < -0.39 is 23.9 Å². The molecule has 0 saturated carbocycles. The molecule has 0 unspecified atom stereocenters. The van der Waals surface area contributed by atoms with E-state index in [1.165, 1.54) is 7.11 Å². The number of nitrogens with zero attached hydrogens (tertiary/aromatic N) is 2. The first-order valence-electron chi connectivity index (χ1n) is 6.31. The van der Waals surface area contributed by atoms with Crippen LogP contribution in [0.5, 0.6) is 5.75 Å². The molecule has 2 aromatic rings. The van der Waals surface area contributed by atoms with Crippen molar-refractivity contribution < 1.29 is 22.7 Å². The first-order valence-corrected chi connectivity index (χ1v) is 6.31. The Morgan fingerprint density at radius 1 is 1.41 bits per heavy atom. The summed E-state index contributed by atoms with van der Waals surface area (Å²) in [6, 6.07) is 7.17. The molecule has 2 rings (SSSR count). The topological polar surface area (TPSA) is 79.9 Å². The number of ether oxygens (including phenoxy) is 1. The lowest BCUT2D eigenvalue weighted by molar-refractivity contribution is -0.144. The zero-order valence-corrected chi connectivity index (χ0v) is 11.6. The number of alkyl halides is 3. The number of rotatable bonds is 5. The molecule has 1 aromatic carbocycles. The van der Waals surface area contributed by atoms with E-state index in [0.717, 1.165) is 5.56 Å². The van der Waals surface area contributed by atoms with E-state index in [1.807, 2.05) is 6.07 Å². The number of methoxy groups -OCH3 is 1. The summed E-state index contributed by atoms with van der Waals surface area (Å²) in [5.41, 5.74) is 0.875. The third-order valence-corrected chi connectivity index (χ3v) is 2.78. The van der Waals surface area contributed by atoms with E-state index in [1.54, 1.807) is 23.3 Å². The molecule has 1 heterocycles. The SMILES string of the molecule is COc1cccc(CCC(=O)Nc2n[nH]c(C(F)(F)F)n2)c1. The first kappa shape index (κ1) is 15.8. The molecule has 0 fully saturated rings. The van der Waals surface area contributed by atoms with Gasteiger partial charge in [0.15, 0.2) is 0 Å². The number of H-pyrrole nitrogens is 1. The van der Waals surface area contributed by atoms with Crippen molar-refractivity contribution in [2.45, 2.75) is 19.0 Å². The first-order chi connectivity index (χ1) is 10.4. The Labute approximate surface area is 123 Å². The zero-order valence-electron chi connectivity index (χ0n) is 11.6. The molecule has 0 saturated heterocycles. The standard InChI is InChI=1S/C13H13F3N4O2/c1-22-9-4-2-3-8(7-9)5-6-10(21)17-12-18-11(19-20-12)13(14,15)16/h2-4,7H,5-6H2,1H3,(H2,17,18,19,20,21). The van der Waals surface area contributed by atoms with Gasteiger partial charge in [-0.2, -0.15) is 18.2 Å². The molecule has 118 valence electrons. The fourth-order valence-electron chi connectivity index (χ4n) is 1.72. The number of hydrogen-bond donors (Lipinski definition) is 2. The van der Waals surface area contributed by atoms with Gasteiger partial charge in [-0.3, -0.25) is 15.2 Å². The van der Waals surface area contributed by atoms with Crippen molar-refractivity contribution in [3.8, 4) is 5.75 Å². The summed E-state index contributed by atoms with van der Waals surface area (Å²) in [5, 5.41) is 7.23. The molecular formula is C13H13F3N4O2. The Balaban J connectivity index is 1.89. The summed E-state index contributed by atoms with van der Waals surface area (Å²) in [6.07, 6.45) is -4.13. The van der Waals surface area contributed by atoms with E-state index >= 15 is 0 Å². The normalized spacial score (nSPS) is 11.3. The Morgan fingerprint density at radius 2 is 2.18 bits per heavy atom. The van der Waals surface area contributed by atoms with Gasteiger partial charge in [0, 0.05) is 6.42 Å². The highest BCUT2D eigenvalue weighted by Gasteiger charge is 2.35. The smallest absolute Gasteiger partial charge is 0.451 e. The second kappa shape index (κ2) is 6.46. The maximum atomic E-state index is 12.3. The van der Waals surface area contributed by atoms with Crippen molar-refractivity contribution in [1.82, 2.24) is 15.2 Å². The van der Waals surface area contributed by atoms with Crippen LogP contribution in [0.3, 0.4) is 0 Å². The number of aromatic nitrogens is 3. The van der Waals surface area contributed by atoms with Crippen molar-refractivity contribution in [2.24, 2.45) is 0 Å². The van der Waals surface area contributed by atoms with Crippen LogP contribution in [0.25, 0.3) is 0 Å². The van der Waals surface area contributed by atoms with Crippen LogP contribution in [0.15, 0.2) is 24.3 Å². The molecular weight excluding hydrogens is 301 g/mol. The quantitative estimate of drug-likeness (QED) is 0.888. The summed E-state index contributed by atoms with van der Waals surface area (Å²) in [7, 11) is 1.54. The van der Waals surface area contributed by atoms with Gasteiger partial charge in [-0.15, -0.1) is 5.10 Å². The van der Waals surface area contributed by atoms with Gasteiger partial charge in [0.05, 0.1) is 7.11 Å². The number of halogens is 3. The second-order valence-electron chi connectivity index (χ2n) is 4.41. The largest absolute Gasteiger partial charge is 0.497 e. The summed E-state index contributed by atoms with van der Waals surface area (Å²) in [6.45, 7) is 0. The molecule has 0 radical (unpaired) electrons. The highest BCUT2D eigenvalue weighted by Crippen LogP contribution is 2.26. The molecule has 0 aliphatic heterocycles. The highest BCUT2D eigenvalue weighted by molar-refractivity contribution is 5.89. The number of benzene rings is 1. The summed E-state index contributed by atoms with van der Waals surface area (Å²) in [5.74, 6) is -1.46. The van der Waals surface area contributed by atoms with Gasteiger partial charge in [-0.1, -0.05) is 12.1 Å². The van der Waals surface area contributed by atoms with Gasteiger partial charge in [0.2, 0.25) is 17.7 Å². The van der Waals surface area contributed by atoms with Crippen LogP contribution >= 0.6 is 0 Å². The number of nitrogens with one attached hydrogen (secondary N) is 2. The van der Waals surface area contributed by atoms with E-state index in [9.17, 15) is 18.0 Å². The average Bonchev–Trinajstić information content (AvgIpc) is 2.94. The van der Waals surface area contributed by atoms with Crippen molar-refractivity contribution in [2.75, 3.05) is 12.4 Å². The number of amides is 1. The average molecular weight is 314 g/mol. The fraction of sp³-hybridized carbons (Fsp3) is 0.308. The lowest BCUT2D eigenvalue weighted by atomic mass is 10.1. The van der Waals surface area contributed by atoms with Gasteiger partial charge in [-0.25, -0.2) is 0 Å². The molecule has 0 bridgehead atoms. The molecule has 1 aromatic heterocycles. The fourth-order valence-corrected chi connectivity index (χ4v) is 1.72. The summed E-state index contributed by atoms with van der Waals surface area (Å²) in [4.78, 5) is 14.8. The molecule has 0 spiro atoms. The minimum atomic E-state index is -4.63. The monoisotopic (exact) mass is 314 g/mol. The van der Waals surface area contributed by atoms with E-state index in [0.29, 0.717) is 12.2 Å². The minimum absolute atomic E-state index is 0.0864. The van der Waals surface area contributed by atoms with Gasteiger partial charge in [0.1, 0.15) is 5.75 Å². The van der Waals surface area contributed by atoms with Crippen LogP contribution < -0.4 is 10.1 Å². The van der Waals surface area contributed by atoms with Crippen LogP contribution in [0.2, 0.25) is 0 Å². The van der Waals surface area contributed by atoms with Gasteiger partial charge < -0.3 is 4.74 Å². The van der Waals surface area contributed by atoms with Gasteiger partial charge in [-0.05, 0) is 24.1 Å². The Kier molecular flexibility index (Phi) is 4.64. The van der Waals surface area contributed by atoms with Crippen molar-refractivity contribution in [3.05, 3.63) is 35.7 Å². The van der Waals surface area contributed by atoms with Crippen molar-refractivity contribution >= 4 is 11.9 Å². The molecule has 2 N–H and O–H groups in total. The molecule has 0 aliphatic carbocycles. The highest BCUT2D eigenvalue weighted by atomic mass is 19.4. The van der Waals surface area contributed by atoms with Crippen LogP contribution in [0.4, 0.5) is 19.1 Å². The van der Waals surface area contributed by atoms with Gasteiger partial charge in [0.25, 0.3) is 0 Å². The Morgan fingerprint density at radius 3 is 2.82 bits per heavy atom. The number of carbonyl (C=O) groups excluding carboxylic acids is 1. The Hall–Kier alpha value is -2.58. The third-order valence-electron chi connectivity index (χ3n) is 2.78. The maximum absolute atomic E-state index is 12.3. The predicted molar refractivity (Wildman–Crippen MR) is 71.3 cm³/mol. The molecule has 1 amide bonds. The zero-order chi connectivity index (χ0) is 16.2. The van der Waals surface area contributed by atoms with Crippen LogP contribution in [0.1, 0.15) is 17.8 Å². The minimum Gasteiger partial charge on any atom is -0.497 e. The van der Waals surface area contributed by atoms with E-state index in [2.05, 4.69) is 15.4 Å².